The number of hydrogen-bond donors (Lipinski definition) is 1. The number of nitrogens with zero attached hydrogens (tertiary/aromatic N) is 3. The molecule has 0 aliphatic carbocycles. The zero-order valence-corrected chi connectivity index (χ0v) is 16.3. The molecule has 1 aliphatic heterocycles. The van der Waals surface area contributed by atoms with Gasteiger partial charge in [-0.05, 0) is 56.2 Å². The maximum Gasteiger partial charge on any atom is 0.409 e. The molecule has 0 saturated carbocycles. The normalized spacial score (nSPS) is 14.8. The van der Waals surface area contributed by atoms with Gasteiger partial charge in [-0.1, -0.05) is 0 Å². The largest absolute Gasteiger partial charge is 0.450 e. The Morgan fingerprint density at radius 3 is 2.48 bits per heavy atom. The molecule has 29 heavy (non-hydrogen) atoms. The first kappa shape index (κ1) is 19.1. The molecule has 1 fully saturated rings. The lowest BCUT2D eigenvalue weighted by Gasteiger charge is -2.30. The van der Waals surface area contributed by atoms with Crippen molar-refractivity contribution in [3.63, 3.8) is 0 Å². The summed E-state index contributed by atoms with van der Waals surface area (Å²) in [5.74, 6) is 0.830. The van der Waals surface area contributed by atoms with Crippen molar-refractivity contribution in [2.75, 3.05) is 19.7 Å². The molecule has 2 aromatic heterocycles. The average Bonchev–Trinajstić information content (AvgIpc) is 3.21. The van der Waals surface area contributed by atoms with Crippen LogP contribution in [0.1, 0.15) is 31.5 Å². The van der Waals surface area contributed by atoms with Crippen LogP contribution in [0.2, 0.25) is 0 Å². The molecule has 7 heteroatoms. The van der Waals surface area contributed by atoms with Gasteiger partial charge in [-0.25, -0.2) is 14.2 Å². The summed E-state index contributed by atoms with van der Waals surface area (Å²) in [5.41, 5.74) is 3.51. The highest BCUT2D eigenvalue weighted by Gasteiger charge is 2.27. The van der Waals surface area contributed by atoms with E-state index in [0.717, 1.165) is 41.2 Å². The number of aromatic nitrogens is 3. The van der Waals surface area contributed by atoms with Crippen LogP contribution in [0.15, 0.2) is 48.8 Å². The molecule has 3 heterocycles. The van der Waals surface area contributed by atoms with Crippen LogP contribution < -0.4 is 0 Å². The number of imidazole rings is 1. The molecule has 0 bridgehead atoms. The van der Waals surface area contributed by atoms with E-state index < -0.39 is 0 Å². The molecule has 1 saturated heterocycles. The highest BCUT2D eigenvalue weighted by Crippen LogP contribution is 2.34. The van der Waals surface area contributed by atoms with Gasteiger partial charge in [0.25, 0.3) is 0 Å². The molecule has 1 N–H and O–H groups in total. The van der Waals surface area contributed by atoms with Gasteiger partial charge < -0.3 is 14.6 Å². The Bertz CT molecular complexity index is 964. The summed E-state index contributed by atoms with van der Waals surface area (Å²) in [6.45, 7) is 3.47. The third-order valence-electron chi connectivity index (χ3n) is 5.22. The fourth-order valence-corrected chi connectivity index (χ4v) is 3.68. The summed E-state index contributed by atoms with van der Waals surface area (Å²) in [6.07, 6.45) is 4.84. The predicted molar refractivity (Wildman–Crippen MR) is 108 cm³/mol. The van der Waals surface area contributed by atoms with E-state index in [0.29, 0.717) is 19.7 Å². The van der Waals surface area contributed by atoms with Gasteiger partial charge in [-0.15, -0.1) is 0 Å². The SMILES string of the molecule is CCOC(=O)N1CCC(c2nc(-c3ccc(F)cc3)c(-c3ccncc3)[nH]2)CC1. The second-order valence-corrected chi connectivity index (χ2v) is 7.05. The molecule has 0 atom stereocenters. The summed E-state index contributed by atoms with van der Waals surface area (Å²) in [6, 6.07) is 10.2. The van der Waals surface area contributed by atoms with Crippen LogP contribution in [0.25, 0.3) is 22.5 Å². The Morgan fingerprint density at radius 2 is 1.83 bits per heavy atom. The molecule has 1 aromatic carbocycles. The molecule has 150 valence electrons. The Hall–Kier alpha value is -3.22. The van der Waals surface area contributed by atoms with Gasteiger partial charge >= 0.3 is 6.09 Å². The monoisotopic (exact) mass is 394 g/mol. The van der Waals surface area contributed by atoms with Crippen molar-refractivity contribution in [3.8, 4) is 22.5 Å². The van der Waals surface area contributed by atoms with Crippen LogP contribution >= 0.6 is 0 Å². The van der Waals surface area contributed by atoms with Gasteiger partial charge in [-0.3, -0.25) is 4.98 Å². The van der Waals surface area contributed by atoms with Gasteiger partial charge in [0.05, 0.1) is 18.0 Å². The van der Waals surface area contributed by atoms with Crippen LogP contribution in [0.3, 0.4) is 0 Å². The number of aromatic amines is 1. The lowest BCUT2D eigenvalue weighted by Crippen LogP contribution is -2.38. The van der Waals surface area contributed by atoms with Gasteiger partial charge in [-0.2, -0.15) is 0 Å². The molecule has 1 aliphatic rings. The van der Waals surface area contributed by atoms with Crippen LogP contribution in [0.4, 0.5) is 9.18 Å². The number of carbonyl (C=O) groups excluding carboxylic acids is 1. The zero-order valence-electron chi connectivity index (χ0n) is 16.3. The number of rotatable bonds is 4. The number of halogens is 1. The number of H-pyrrole nitrogens is 1. The van der Waals surface area contributed by atoms with Gasteiger partial charge in [0.2, 0.25) is 0 Å². The van der Waals surface area contributed by atoms with Crippen molar-refractivity contribution in [1.29, 1.82) is 0 Å². The topological polar surface area (TPSA) is 71.1 Å². The van der Waals surface area contributed by atoms with Gasteiger partial charge in [0.1, 0.15) is 11.6 Å². The van der Waals surface area contributed by atoms with Crippen LogP contribution in [0, 0.1) is 5.82 Å². The van der Waals surface area contributed by atoms with Crippen molar-refractivity contribution < 1.29 is 13.9 Å². The maximum atomic E-state index is 13.4. The minimum atomic E-state index is -0.277. The highest BCUT2D eigenvalue weighted by atomic mass is 19.1. The molecule has 0 unspecified atom stereocenters. The van der Waals surface area contributed by atoms with Crippen LogP contribution in [-0.4, -0.2) is 45.6 Å². The number of piperidine rings is 1. The fraction of sp³-hybridized carbons (Fsp3) is 0.318. The predicted octanol–water partition coefficient (Wildman–Crippen LogP) is 4.61. The van der Waals surface area contributed by atoms with E-state index in [1.165, 1.54) is 12.1 Å². The summed E-state index contributed by atoms with van der Waals surface area (Å²) in [7, 11) is 0. The van der Waals surface area contributed by atoms with Crippen molar-refractivity contribution in [1.82, 2.24) is 19.9 Å². The Morgan fingerprint density at radius 1 is 1.14 bits per heavy atom. The zero-order chi connectivity index (χ0) is 20.2. The van der Waals surface area contributed by atoms with Gasteiger partial charge in [0, 0.05) is 42.5 Å². The fourth-order valence-electron chi connectivity index (χ4n) is 3.68. The first-order chi connectivity index (χ1) is 14.2. The minimum absolute atomic E-state index is 0.218. The van der Waals surface area contributed by atoms with E-state index in [1.807, 2.05) is 19.1 Å². The Balaban J connectivity index is 1.62. The van der Waals surface area contributed by atoms with Crippen LogP contribution in [0.5, 0.6) is 0 Å². The number of pyridine rings is 1. The smallest absolute Gasteiger partial charge is 0.409 e. The molecular weight excluding hydrogens is 371 g/mol. The van der Waals surface area contributed by atoms with E-state index in [2.05, 4.69) is 9.97 Å². The molecular formula is C22H23FN4O2. The van der Waals surface area contributed by atoms with Crippen molar-refractivity contribution in [2.45, 2.75) is 25.7 Å². The maximum absolute atomic E-state index is 13.4. The first-order valence-electron chi connectivity index (χ1n) is 9.83. The summed E-state index contributed by atoms with van der Waals surface area (Å²) in [5, 5.41) is 0. The third kappa shape index (κ3) is 4.13. The van der Waals surface area contributed by atoms with E-state index >= 15 is 0 Å². The average molecular weight is 394 g/mol. The van der Waals surface area contributed by atoms with E-state index in [9.17, 15) is 9.18 Å². The standard InChI is InChI=1S/C22H23FN4O2/c1-2-29-22(28)27-13-9-17(10-14-27)21-25-19(15-3-5-18(23)6-4-15)20(26-21)16-7-11-24-12-8-16/h3-8,11-12,17H,2,9-10,13-14H2,1H3,(H,25,26). The van der Waals surface area contributed by atoms with E-state index in [1.54, 1.807) is 29.4 Å². The number of benzene rings is 1. The van der Waals surface area contributed by atoms with Crippen molar-refractivity contribution >= 4 is 6.09 Å². The summed E-state index contributed by atoms with van der Waals surface area (Å²) < 4.78 is 18.5. The third-order valence-corrected chi connectivity index (χ3v) is 5.22. The molecule has 0 radical (unpaired) electrons. The Labute approximate surface area is 168 Å². The molecule has 6 nitrogen and oxygen atoms in total. The van der Waals surface area contributed by atoms with Crippen molar-refractivity contribution in [3.05, 3.63) is 60.4 Å². The number of nitrogens with one attached hydrogen (secondary N) is 1. The summed E-state index contributed by atoms with van der Waals surface area (Å²) >= 11 is 0. The van der Waals surface area contributed by atoms with Gasteiger partial charge in [0.15, 0.2) is 0 Å². The lowest BCUT2D eigenvalue weighted by atomic mass is 9.96. The molecule has 4 rings (SSSR count). The Kier molecular flexibility index (Phi) is 5.55. The van der Waals surface area contributed by atoms with E-state index in [4.69, 9.17) is 9.72 Å². The molecule has 0 spiro atoms. The number of likely N-dealkylation sites (tertiary alicyclic amines) is 1. The van der Waals surface area contributed by atoms with Crippen LogP contribution in [-0.2, 0) is 4.74 Å². The second kappa shape index (κ2) is 8.43. The number of amides is 1. The number of ether oxygens (including phenoxy) is 1. The molecule has 3 aromatic rings. The quantitative estimate of drug-likeness (QED) is 0.701. The molecule has 1 amide bonds. The first-order valence-corrected chi connectivity index (χ1v) is 9.83. The number of carbonyl (C=O) groups is 1. The second-order valence-electron chi connectivity index (χ2n) is 7.05. The number of hydrogen-bond acceptors (Lipinski definition) is 4. The van der Waals surface area contributed by atoms with E-state index in [-0.39, 0.29) is 17.8 Å². The highest BCUT2D eigenvalue weighted by molar-refractivity contribution is 5.78. The minimum Gasteiger partial charge on any atom is -0.450 e. The summed E-state index contributed by atoms with van der Waals surface area (Å²) in [4.78, 5) is 26.1. The van der Waals surface area contributed by atoms with Crippen molar-refractivity contribution in [2.24, 2.45) is 0 Å². The lowest BCUT2D eigenvalue weighted by molar-refractivity contribution is 0.0966.